The van der Waals surface area contributed by atoms with Gasteiger partial charge in [0.2, 0.25) is 0 Å². The summed E-state index contributed by atoms with van der Waals surface area (Å²) in [5, 5.41) is 9.21. The Balaban J connectivity index is 2.22. The van der Waals surface area contributed by atoms with Crippen molar-refractivity contribution in [3.8, 4) is 0 Å². The van der Waals surface area contributed by atoms with Gasteiger partial charge in [-0.3, -0.25) is 9.69 Å². The minimum Gasteiger partial charge on any atom is -0.480 e. The number of aryl methyl sites for hydroxylation is 1. The number of carboxylic acids is 1. The number of benzene rings is 1. The minimum atomic E-state index is -0.723. The van der Waals surface area contributed by atoms with Gasteiger partial charge in [-0.1, -0.05) is 31.2 Å². The van der Waals surface area contributed by atoms with Crippen LogP contribution >= 0.6 is 0 Å². The topological polar surface area (TPSA) is 40.5 Å². The first kappa shape index (κ1) is 12.1. The molecular weight excluding hydrogens is 214 g/mol. The quantitative estimate of drug-likeness (QED) is 0.868. The third kappa shape index (κ3) is 2.20. The summed E-state index contributed by atoms with van der Waals surface area (Å²) in [7, 11) is 1.93. The first-order valence-electron chi connectivity index (χ1n) is 6.17. The molecule has 0 aliphatic heterocycles. The van der Waals surface area contributed by atoms with E-state index in [-0.39, 0.29) is 12.1 Å². The lowest BCUT2D eigenvalue weighted by molar-refractivity contribution is -0.143. The van der Waals surface area contributed by atoms with Gasteiger partial charge in [-0.2, -0.15) is 0 Å². The molecule has 0 aromatic heterocycles. The summed E-state index contributed by atoms with van der Waals surface area (Å²) in [6, 6.07) is 8.23. The number of nitrogens with zero attached hydrogens (tertiary/aromatic N) is 1. The molecule has 3 heteroatoms. The van der Waals surface area contributed by atoms with Gasteiger partial charge in [0.1, 0.15) is 6.04 Å². The Morgan fingerprint density at radius 1 is 1.53 bits per heavy atom. The lowest BCUT2D eigenvalue weighted by Crippen LogP contribution is -2.39. The molecule has 3 nitrogen and oxygen atoms in total. The SMILES string of the molecule is CCC(C(=O)O)N(C)C1CCc2ccccc21. The second-order valence-corrected chi connectivity index (χ2v) is 4.68. The first-order valence-corrected chi connectivity index (χ1v) is 6.17. The van der Waals surface area contributed by atoms with Crippen LogP contribution < -0.4 is 0 Å². The molecule has 2 unspecified atom stereocenters. The van der Waals surface area contributed by atoms with Crippen molar-refractivity contribution in [2.24, 2.45) is 0 Å². The predicted octanol–water partition coefficient (Wildman–Crippen LogP) is 2.47. The Labute approximate surface area is 102 Å². The van der Waals surface area contributed by atoms with Gasteiger partial charge in [-0.15, -0.1) is 0 Å². The van der Waals surface area contributed by atoms with Crippen LogP contribution in [0.25, 0.3) is 0 Å². The second kappa shape index (κ2) is 4.88. The number of carboxylic acid groups (broad SMARTS) is 1. The van der Waals surface area contributed by atoms with Crippen LogP contribution in [0.15, 0.2) is 24.3 Å². The summed E-state index contributed by atoms with van der Waals surface area (Å²) >= 11 is 0. The van der Waals surface area contributed by atoms with Crippen LogP contribution in [0, 0.1) is 0 Å². The van der Waals surface area contributed by atoms with Crippen molar-refractivity contribution in [3.63, 3.8) is 0 Å². The van der Waals surface area contributed by atoms with Crippen LogP contribution in [-0.2, 0) is 11.2 Å². The molecule has 0 saturated heterocycles. The molecule has 1 aromatic rings. The summed E-state index contributed by atoms with van der Waals surface area (Å²) in [6.45, 7) is 1.93. The zero-order valence-electron chi connectivity index (χ0n) is 10.4. The highest BCUT2D eigenvalue weighted by Gasteiger charge is 2.31. The van der Waals surface area contributed by atoms with Crippen LogP contribution in [0.2, 0.25) is 0 Å². The van der Waals surface area contributed by atoms with E-state index in [9.17, 15) is 9.90 Å². The molecule has 1 N–H and O–H groups in total. The van der Waals surface area contributed by atoms with Gasteiger partial charge < -0.3 is 5.11 Å². The van der Waals surface area contributed by atoms with Crippen molar-refractivity contribution < 1.29 is 9.90 Å². The highest BCUT2D eigenvalue weighted by atomic mass is 16.4. The third-order valence-corrected chi connectivity index (χ3v) is 3.76. The fraction of sp³-hybridized carbons (Fsp3) is 0.500. The van der Waals surface area contributed by atoms with Gasteiger partial charge in [0.05, 0.1) is 0 Å². The van der Waals surface area contributed by atoms with Gasteiger partial charge in [-0.25, -0.2) is 0 Å². The zero-order chi connectivity index (χ0) is 12.4. The van der Waals surface area contributed by atoms with Crippen LogP contribution in [-0.4, -0.2) is 29.1 Å². The first-order chi connectivity index (χ1) is 8.15. The van der Waals surface area contributed by atoms with Gasteiger partial charge in [0, 0.05) is 6.04 Å². The minimum absolute atomic E-state index is 0.257. The maximum atomic E-state index is 11.2. The predicted molar refractivity (Wildman–Crippen MR) is 67.0 cm³/mol. The zero-order valence-corrected chi connectivity index (χ0v) is 10.4. The fourth-order valence-electron chi connectivity index (χ4n) is 2.81. The van der Waals surface area contributed by atoms with Crippen molar-refractivity contribution in [1.82, 2.24) is 4.90 Å². The molecule has 0 bridgehead atoms. The Hall–Kier alpha value is -1.35. The number of fused-ring (bicyclic) bond motifs is 1. The largest absolute Gasteiger partial charge is 0.480 e. The number of hydrogen-bond acceptors (Lipinski definition) is 2. The smallest absolute Gasteiger partial charge is 0.320 e. The molecule has 17 heavy (non-hydrogen) atoms. The standard InChI is InChI=1S/C14H19NO2/c1-3-12(14(16)17)15(2)13-9-8-10-6-4-5-7-11(10)13/h4-7,12-13H,3,8-9H2,1-2H3,(H,16,17). The van der Waals surface area contributed by atoms with Crippen LogP contribution in [0.4, 0.5) is 0 Å². The summed E-state index contributed by atoms with van der Waals surface area (Å²) in [5.74, 6) is -0.723. The van der Waals surface area contributed by atoms with E-state index in [1.807, 2.05) is 24.9 Å². The molecule has 1 aliphatic rings. The number of hydrogen-bond donors (Lipinski definition) is 1. The van der Waals surface area contributed by atoms with Gasteiger partial charge in [0.15, 0.2) is 0 Å². The van der Waals surface area contributed by atoms with E-state index in [2.05, 4.69) is 18.2 Å². The molecule has 1 aromatic carbocycles. The van der Waals surface area contributed by atoms with Gasteiger partial charge in [-0.05, 0) is 37.4 Å². The molecule has 0 saturated carbocycles. The fourth-order valence-corrected chi connectivity index (χ4v) is 2.81. The maximum Gasteiger partial charge on any atom is 0.320 e. The molecule has 1 aliphatic carbocycles. The maximum absolute atomic E-state index is 11.2. The van der Waals surface area contributed by atoms with E-state index in [1.54, 1.807) is 0 Å². The van der Waals surface area contributed by atoms with Crippen molar-refractivity contribution >= 4 is 5.97 Å². The second-order valence-electron chi connectivity index (χ2n) is 4.68. The Morgan fingerprint density at radius 3 is 2.88 bits per heavy atom. The molecule has 92 valence electrons. The number of rotatable bonds is 4. The molecular formula is C14H19NO2. The van der Waals surface area contributed by atoms with Crippen LogP contribution in [0.3, 0.4) is 0 Å². The average molecular weight is 233 g/mol. The van der Waals surface area contributed by atoms with Crippen LogP contribution in [0.5, 0.6) is 0 Å². The molecule has 2 atom stereocenters. The van der Waals surface area contributed by atoms with E-state index in [0.717, 1.165) is 12.8 Å². The number of likely N-dealkylation sites (N-methyl/N-ethyl adjacent to an activating group) is 1. The molecule has 0 radical (unpaired) electrons. The molecule has 0 amide bonds. The highest BCUT2D eigenvalue weighted by molar-refractivity contribution is 5.73. The molecule has 2 rings (SSSR count). The molecule has 0 fully saturated rings. The summed E-state index contributed by atoms with van der Waals surface area (Å²) in [4.78, 5) is 13.2. The molecule has 0 spiro atoms. The Morgan fingerprint density at radius 2 is 2.24 bits per heavy atom. The van der Waals surface area contributed by atoms with E-state index in [1.165, 1.54) is 11.1 Å². The Bertz CT molecular complexity index is 416. The van der Waals surface area contributed by atoms with Crippen LogP contribution in [0.1, 0.15) is 36.9 Å². The number of aliphatic carboxylic acids is 1. The highest BCUT2D eigenvalue weighted by Crippen LogP contribution is 2.36. The lowest BCUT2D eigenvalue weighted by atomic mass is 10.0. The summed E-state index contributed by atoms with van der Waals surface area (Å²) in [5.41, 5.74) is 2.67. The summed E-state index contributed by atoms with van der Waals surface area (Å²) in [6.07, 6.45) is 2.73. The van der Waals surface area contributed by atoms with Crippen molar-refractivity contribution in [2.45, 2.75) is 38.3 Å². The van der Waals surface area contributed by atoms with E-state index >= 15 is 0 Å². The van der Waals surface area contributed by atoms with Gasteiger partial charge in [0.25, 0.3) is 0 Å². The van der Waals surface area contributed by atoms with Crippen molar-refractivity contribution in [2.75, 3.05) is 7.05 Å². The van der Waals surface area contributed by atoms with Gasteiger partial charge >= 0.3 is 5.97 Å². The summed E-state index contributed by atoms with van der Waals surface area (Å²) < 4.78 is 0. The molecule has 0 heterocycles. The Kier molecular flexibility index (Phi) is 3.48. The van der Waals surface area contributed by atoms with Crippen molar-refractivity contribution in [3.05, 3.63) is 35.4 Å². The monoisotopic (exact) mass is 233 g/mol. The number of carbonyl (C=O) groups is 1. The van der Waals surface area contributed by atoms with E-state index in [4.69, 9.17) is 0 Å². The van der Waals surface area contributed by atoms with E-state index < -0.39 is 5.97 Å². The third-order valence-electron chi connectivity index (χ3n) is 3.76. The van der Waals surface area contributed by atoms with E-state index in [0.29, 0.717) is 6.42 Å². The van der Waals surface area contributed by atoms with Crippen molar-refractivity contribution in [1.29, 1.82) is 0 Å². The lowest BCUT2D eigenvalue weighted by Gasteiger charge is -2.30. The normalized spacial score (nSPS) is 20.3. The average Bonchev–Trinajstić information content (AvgIpc) is 2.72.